The minimum atomic E-state index is -0.831. The van der Waals surface area contributed by atoms with E-state index in [0.717, 1.165) is 38.6 Å². The van der Waals surface area contributed by atoms with Crippen LogP contribution in [0.25, 0.3) is 0 Å². The Bertz CT molecular complexity index is 554. The second-order valence-corrected chi connectivity index (χ2v) is 10.3. The predicted molar refractivity (Wildman–Crippen MR) is 145 cm³/mol. The van der Waals surface area contributed by atoms with Crippen LogP contribution in [0, 0.1) is 0 Å². The van der Waals surface area contributed by atoms with Crippen LogP contribution in [0.5, 0.6) is 0 Å². The molecule has 0 spiro atoms. The molecule has 0 fully saturated rings. The summed E-state index contributed by atoms with van der Waals surface area (Å²) in [5, 5.41) is 27.2. The van der Waals surface area contributed by atoms with E-state index < -0.39 is 17.9 Å². The molecule has 0 saturated heterocycles. The van der Waals surface area contributed by atoms with Gasteiger partial charge in [-0.2, -0.15) is 0 Å². The standard InChI is InChI=1S/C29H53NO6/c1-2-3-4-5-6-7-8-9-10-11-12-13-14-15-16-23-30(24-17-20-27(31)32,25-18-21-28(33)34)26-19-22-29(35)36/h11-12H,2-10,13-26H2,1H3,(H2-,31,32,33,34,35,36)/p+1/b12-11+. The molecule has 0 aromatic heterocycles. The minimum Gasteiger partial charge on any atom is -0.481 e. The van der Waals surface area contributed by atoms with Crippen molar-refractivity contribution in [3.8, 4) is 0 Å². The largest absolute Gasteiger partial charge is 0.481 e. The molecule has 0 saturated carbocycles. The first-order valence-corrected chi connectivity index (χ1v) is 14.5. The van der Waals surface area contributed by atoms with Gasteiger partial charge in [0, 0.05) is 19.3 Å². The van der Waals surface area contributed by atoms with Crippen molar-refractivity contribution in [3.63, 3.8) is 0 Å². The summed E-state index contributed by atoms with van der Waals surface area (Å²) in [4.78, 5) is 33.1. The first-order chi connectivity index (χ1) is 17.3. The highest BCUT2D eigenvalue weighted by molar-refractivity contribution is 5.67. The van der Waals surface area contributed by atoms with E-state index in [1.54, 1.807) is 0 Å². The molecule has 0 aromatic rings. The number of rotatable bonds is 27. The fourth-order valence-electron chi connectivity index (χ4n) is 4.89. The monoisotopic (exact) mass is 512 g/mol. The van der Waals surface area contributed by atoms with Crippen LogP contribution >= 0.6 is 0 Å². The zero-order valence-corrected chi connectivity index (χ0v) is 22.9. The molecule has 36 heavy (non-hydrogen) atoms. The molecule has 0 amide bonds. The number of aliphatic carboxylic acids is 3. The summed E-state index contributed by atoms with van der Waals surface area (Å²) < 4.78 is 0.627. The van der Waals surface area contributed by atoms with Gasteiger partial charge in [0.1, 0.15) is 0 Å². The predicted octanol–water partition coefficient (Wildman–Crippen LogP) is 7.05. The molecule has 0 heterocycles. The lowest BCUT2D eigenvalue weighted by molar-refractivity contribution is -0.929. The van der Waals surface area contributed by atoms with Crippen molar-refractivity contribution in [2.24, 2.45) is 0 Å². The van der Waals surface area contributed by atoms with E-state index >= 15 is 0 Å². The summed E-state index contributed by atoms with van der Waals surface area (Å²) in [5.41, 5.74) is 0. The molecule has 0 aliphatic carbocycles. The van der Waals surface area contributed by atoms with E-state index in [1.165, 1.54) is 51.4 Å². The normalized spacial score (nSPS) is 11.8. The number of carboxylic acids is 3. The van der Waals surface area contributed by atoms with Crippen LogP contribution in [0.2, 0.25) is 0 Å². The fraction of sp³-hybridized carbons (Fsp3) is 0.828. The van der Waals surface area contributed by atoms with Crippen molar-refractivity contribution in [3.05, 3.63) is 12.2 Å². The van der Waals surface area contributed by atoms with Crippen molar-refractivity contribution >= 4 is 17.9 Å². The lowest BCUT2D eigenvalue weighted by Crippen LogP contribution is -2.51. The Morgan fingerprint density at radius 3 is 1.22 bits per heavy atom. The Balaban J connectivity index is 4.39. The number of carboxylic acid groups (broad SMARTS) is 3. The van der Waals surface area contributed by atoms with Crippen LogP contribution in [0.15, 0.2) is 12.2 Å². The maximum atomic E-state index is 11.0. The van der Waals surface area contributed by atoms with Crippen molar-refractivity contribution in [1.29, 1.82) is 0 Å². The molecule has 0 atom stereocenters. The number of quaternary nitrogens is 1. The molecule has 0 unspecified atom stereocenters. The SMILES string of the molecule is CCCCCCCCCC/C=C/CCCCC[N+](CCCC(=O)O)(CCCC(=O)O)CCCC(=O)O. The molecule has 0 aliphatic heterocycles. The second kappa shape index (κ2) is 23.5. The molecular weight excluding hydrogens is 458 g/mol. The van der Waals surface area contributed by atoms with E-state index in [4.69, 9.17) is 15.3 Å². The highest BCUT2D eigenvalue weighted by Crippen LogP contribution is 2.18. The summed E-state index contributed by atoms with van der Waals surface area (Å²) in [6.45, 7) is 5.07. The zero-order chi connectivity index (χ0) is 26.9. The lowest BCUT2D eigenvalue weighted by Gasteiger charge is -2.39. The van der Waals surface area contributed by atoms with Gasteiger partial charge in [-0.15, -0.1) is 0 Å². The number of nitrogens with zero attached hydrogens (tertiary/aromatic N) is 1. The van der Waals surface area contributed by atoms with E-state index in [1.807, 2.05) is 0 Å². The maximum absolute atomic E-state index is 11.0. The van der Waals surface area contributed by atoms with Gasteiger partial charge in [-0.25, -0.2) is 0 Å². The number of hydrogen-bond acceptors (Lipinski definition) is 3. The number of allylic oxidation sites excluding steroid dienone is 2. The number of carbonyl (C=O) groups is 3. The van der Waals surface area contributed by atoms with Gasteiger partial charge < -0.3 is 19.8 Å². The van der Waals surface area contributed by atoms with Gasteiger partial charge in [-0.1, -0.05) is 64.0 Å². The molecular formula is C29H54NO6+. The first-order valence-electron chi connectivity index (χ1n) is 14.5. The average Bonchev–Trinajstić information content (AvgIpc) is 2.80. The van der Waals surface area contributed by atoms with Crippen LogP contribution in [0.3, 0.4) is 0 Å². The number of unbranched alkanes of at least 4 members (excludes halogenated alkanes) is 11. The number of hydrogen-bond donors (Lipinski definition) is 3. The van der Waals surface area contributed by atoms with Gasteiger partial charge in [0.05, 0.1) is 45.4 Å². The van der Waals surface area contributed by atoms with Crippen LogP contribution in [-0.2, 0) is 14.4 Å². The smallest absolute Gasteiger partial charge is 0.303 e. The second-order valence-electron chi connectivity index (χ2n) is 10.3. The van der Waals surface area contributed by atoms with Crippen LogP contribution in [-0.4, -0.2) is 63.9 Å². The van der Waals surface area contributed by atoms with Crippen molar-refractivity contribution in [2.75, 3.05) is 26.2 Å². The molecule has 0 radical (unpaired) electrons. The van der Waals surface area contributed by atoms with E-state index in [0.29, 0.717) is 43.4 Å². The van der Waals surface area contributed by atoms with Gasteiger partial charge in [0.25, 0.3) is 0 Å². The van der Waals surface area contributed by atoms with E-state index in [9.17, 15) is 14.4 Å². The third-order valence-corrected chi connectivity index (χ3v) is 6.96. The van der Waals surface area contributed by atoms with Gasteiger partial charge in [0.15, 0.2) is 0 Å². The Morgan fingerprint density at radius 2 is 0.833 bits per heavy atom. The summed E-state index contributed by atoms with van der Waals surface area (Å²) in [7, 11) is 0. The Labute approximate surface area is 219 Å². The van der Waals surface area contributed by atoms with Gasteiger partial charge in [0.2, 0.25) is 0 Å². The molecule has 3 N–H and O–H groups in total. The van der Waals surface area contributed by atoms with E-state index in [2.05, 4.69) is 19.1 Å². The van der Waals surface area contributed by atoms with Crippen molar-refractivity contribution in [1.82, 2.24) is 0 Å². The lowest BCUT2D eigenvalue weighted by atomic mass is 10.1. The zero-order valence-electron chi connectivity index (χ0n) is 22.9. The molecule has 7 heteroatoms. The molecule has 0 aliphatic rings. The Morgan fingerprint density at radius 1 is 0.500 bits per heavy atom. The third kappa shape index (κ3) is 22.6. The van der Waals surface area contributed by atoms with Gasteiger partial charge >= 0.3 is 17.9 Å². The average molecular weight is 513 g/mol. The van der Waals surface area contributed by atoms with Crippen molar-refractivity contribution < 1.29 is 34.2 Å². The molecule has 7 nitrogen and oxygen atoms in total. The van der Waals surface area contributed by atoms with E-state index in [-0.39, 0.29) is 19.3 Å². The fourth-order valence-corrected chi connectivity index (χ4v) is 4.89. The van der Waals surface area contributed by atoms with Crippen LogP contribution < -0.4 is 0 Å². The topological polar surface area (TPSA) is 112 Å². The first kappa shape index (κ1) is 34.1. The highest BCUT2D eigenvalue weighted by atomic mass is 16.4. The minimum absolute atomic E-state index is 0.0848. The maximum Gasteiger partial charge on any atom is 0.303 e. The molecule has 0 aromatic carbocycles. The van der Waals surface area contributed by atoms with Gasteiger partial charge in [-0.3, -0.25) is 14.4 Å². The highest BCUT2D eigenvalue weighted by Gasteiger charge is 2.27. The third-order valence-electron chi connectivity index (χ3n) is 6.96. The van der Waals surface area contributed by atoms with Crippen LogP contribution in [0.1, 0.15) is 129 Å². The Hall–Kier alpha value is -1.89. The summed E-state index contributed by atoms with van der Waals surface area (Å²) in [6, 6.07) is 0. The molecule has 0 rings (SSSR count). The van der Waals surface area contributed by atoms with Crippen LogP contribution in [0.4, 0.5) is 0 Å². The van der Waals surface area contributed by atoms with Gasteiger partial charge in [-0.05, 0) is 38.5 Å². The Kier molecular flexibility index (Phi) is 22.3. The summed E-state index contributed by atoms with van der Waals surface area (Å²) in [5.74, 6) is -2.49. The van der Waals surface area contributed by atoms with Crippen molar-refractivity contribution in [2.45, 2.75) is 129 Å². The quantitative estimate of drug-likeness (QED) is 0.0618. The molecule has 210 valence electrons. The molecule has 0 bridgehead atoms. The summed E-state index contributed by atoms with van der Waals surface area (Å²) in [6.07, 6.45) is 22.5. The summed E-state index contributed by atoms with van der Waals surface area (Å²) >= 11 is 0.